The van der Waals surface area contributed by atoms with E-state index >= 15 is 0 Å². The van der Waals surface area contributed by atoms with E-state index in [0.717, 1.165) is 27.8 Å². The summed E-state index contributed by atoms with van der Waals surface area (Å²) >= 11 is 2.79. The number of anilines is 1. The minimum absolute atomic E-state index is 0.361. The fraction of sp³-hybridized carbons (Fsp3) is 0.400. The minimum atomic E-state index is -0.875. The van der Waals surface area contributed by atoms with E-state index in [1.165, 1.54) is 11.3 Å². The van der Waals surface area contributed by atoms with Crippen molar-refractivity contribution in [3.63, 3.8) is 0 Å². The maximum atomic E-state index is 10.8. The van der Waals surface area contributed by atoms with Gasteiger partial charge in [0, 0.05) is 13.1 Å². The van der Waals surface area contributed by atoms with E-state index in [-0.39, 0.29) is 0 Å². The second-order valence-electron chi connectivity index (χ2n) is 3.25. The molecule has 2 rings (SSSR count). The van der Waals surface area contributed by atoms with E-state index in [9.17, 15) is 4.79 Å². The molecule has 1 N–H and O–H groups in total. The Morgan fingerprint density at radius 1 is 1.44 bits per heavy atom. The van der Waals surface area contributed by atoms with Crippen molar-refractivity contribution in [3.05, 3.63) is 10.9 Å². The normalized spacial score (nSPS) is 10.9. The first-order valence-corrected chi connectivity index (χ1v) is 6.67. The van der Waals surface area contributed by atoms with E-state index in [0.29, 0.717) is 4.88 Å². The maximum Gasteiger partial charge on any atom is 0.345 e. The molecule has 4 nitrogen and oxygen atoms in total. The van der Waals surface area contributed by atoms with Crippen molar-refractivity contribution in [1.82, 2.24) is 4.98 Å². The van der Waals surface area contributed by atoms with Crippen LogP contribution in [-0.2, 0) is 0 Å². The van der Waals surface area contributed by atoms with Gasteiger partial charge in [-0.15, -0.1) is 11.3 Å². The zero-order valence-electron chi connectivity index (χ0n) is 9.06. The third-order valence-corrected chi connectivity index (χ3v) is 4.53. The molecule has 0 spiro atoms. The topological polar surface area (TPSA) is 53.4 Å². The second-order valence-corrected chi connectivity index (χ2v) is 5.29. The highest BCUT2D eigenvalue weighted by Crippen LogP contribution is 2.34. The minimum Gasteiger partial charge on any atom is -0.477 e. The molecule has 0 amide bonds. The Bertz CT molecular complexity index is 482. The lowest BCUT2D eigenvalue weighted by Crippen LogP contribution is -2.21. The van der Waals surface area contributed by atoms with Crippen LogP contribution in [0.4, 0.5) is 5.13 Å². The summed E-state index contributed by atoms with van der Waals surface area (Å²) < 4.78 is 0.962. The van der Waals surface area contributed by atoms with Gasteiger partial charge in [0.25, 0.3) is 0 Å². The largest absolute Gasteiger partial charge is 0.477 e. The first kappa shape index (κ1) is 11.3. The molecule has 0 atom stereocenters. The van der Waals surface area contributed by atoms with Gasteiger partial charge in [0.15, 0.2) is 5.13 Å². The molecule has 6 heteroatoms. The summed E-state index contributed by atoms with van der Waals surface area (Å²) in [5.74, 6) is -0.875. The zero-order valence-corrected chi connectivity index (χ0v) is 10.7. The fourth-order valence-electron chi connectivity index (χ4n) is 1.46. The Balaban J connectivity index is 2.39. The Morgan fingerprint density at radius 3 is 2.62 bits per heavy atom. The summed E-state index contributed by atoms with van der Waals surface area (Å²) in [5, 5.41) is 9.83. The van der Waals surface area contributed by atoms with Crippen LogP contribution in [0.15, 0.2) is 6.07 Å². The number of thiazole rings is 1. The molecule has 0 fully saturated rings. The smallest absolute Gasteiger partial charge is 0.345 e. The van der Waals surface area contributed by atoms with Crippen LogP contribution in [-0.4, -0.2) is 29.1 Å². The molecular weight excluding hydrogens is 244 g/mol. The summed E-state index contributed by atoms with van der Waals surface area (Å²) in [4.78, 5) is 18.6. The number of nitrogens with zero attached hydrogens (tertiary/aromatic N) is 2. The lowest BCUT2D eigenvalue weighted by atomic mass is 10.5. The van der Waals surface area contributed by atoms with E-state index in [1.54, 1.807) is 17.4 Å². The molecular formula is C10H12N2O2S2. The first-order valence-electron chi connectivity index (χ1n) is 5.04. The molecule has 2 aromatic rings. The van der Waals surface area contributed by atoms with Gasteiger partial charge in [0.1, 0.15) is 9.71 Å². The Hall–Kier alpha value is -1.14. The average molecular weight is 256 g/mol. The number of hydrogen-bond donors (Lipinski definition) is 1. The first-order chi connectivity index (χ1) is 7.65. The number of rotatable bonds is 4. The standard InChI is InChI=1S/C10H12N2O2S2/c1-3-12(4-2)10-11-8-6(16-10)5-7(15-8)9(13)14/h5H,3-4H2,1-2H3,(H,13,14). The number of aromatic carboxylic acids is 1. The Kier molecular flexibility index (Phi) is 3.11. The number of thiophene rings is 1. The highest BCUT2D eigenvalue weighted by molar-refractivity contribution is 7.29. The van der Waals surface area contributed by atoms with Crippen LogP contribution in [0.1, 0.15) is 23.5 Å². The highest BCUT2D eigenvalue weighted by atomic mass is 32.1. The molecule has 0 aliphatic heterocycles. The summed E-state index contributed by atoms with van der Waals surface area (Å²) in [6.45, 7) is 6.01. The van der Waals surface area contributed by atoms with E-state index in [1.807, 2.05) is 0 Å². The van der Waals surface area contributed by atoms with Crippen LogP contribution >= 0.6 is 22.7 Å². The molecule has 16 heavy (non-hydrogen) atoms. The van der Waals surface area contributed by atoms with Crippen molar-refractivity contribution in [2.75, 3.05) is 18.0 Å². The van der Waals surface area contributed by atoms with Gasteiger partial charge >= 0.3 is 5.97 Å². The summed E-state index contributed by atoms with van der Waals surface area (Å²) in [6, 6.07) is 1.70. The zero-order chi connectivity index (χ0) is 11.7. The number of aromatic nitrogens is 1. The van der Waals surface area contributed by atoms with E-state index in [2.05, 4.69) is 23.7 Å². The summed E-state index contributed by atoms with van der Waals surface area (Å²) in [5.41, 5.74) is 0. The van der Waals surface area contributed by atoms with Crippen molar-refractivity contribution in [3.8, 4) is 0 Å². The molecule has 0 radical (unpaired) electrons. The lowest BCUT2D eigenvalue weighted by Gasteiger charge is -2.16. The Labute approximate surface area is 101 Å². The van der Waals surface area contributed by atoms with Gasteiger partial charge in [-0.3, -0.25) is 0 Å². The molecule has 0 aliphatic rings. The number of hydrogen-bond acceptors (Lipinski definition) is 5. The summed E-state index contributed by atoms with van der Waals surface area (Å²) in [6.07, 6.45) is 0. The van der Waals surface area contributed by atoms with Crippen LogP contribution in [0.5, 0.6) is 0 Å². The van der Waals surface area contributed by atoms with Crippen molar-refractivity contribution in [1.29, 1.82) is 0 Å². The van der Waals surface area contributed by atoms with Crippen molar-refractivity contribution in [2.45, 2.75) is 13.8 Å². The maximum absolute atomic E-state index is 10.8. The highest BCUT2D eigenvalue weighted by Gasteiger charge is 2.14. The molecule has 0 aliphatic carbocycles. The van der Waals surface area contributed by atoms with Gasteiger partial charge in [-0.2, -0.15) is 0 Å². The van der Waals surface area contributed by atoms with Gasteiger partial charge in [-0.05, 0) is 19.9 Å². The Morgan fingerprint density at radius 2 is 2.12 bits per heavy atom. The van der Waals surface area contributed by atoms with Crippen molar-refractivity contribution in [2.24, 2.45) is 0 Å². The second kappa shape index (κ2) is 4.39. The predicted octanol–water partition coefficient (Wildman–Crippen LogP) is 2.90. The van der Waals surface area contributed by atoms with Crippen molar-refractivity contribution >= 4 is 43.3 Å². The van der Waals surface area contributed by atoms with Gasteiger partial charge in [-0.25, -0.2) is 9.78 Å². The number of carboxylic acids is 1. The van der Waals surface area contributed by atoms with Crippen LogP contribution in [0.25, 0.3) is 9.53 Å². The third-order valence-electron chi connectivity index (χ3n) is 2.32. The van der Waals surface area contributed by atoms with E-state index < -0.39 is 5.97 Å². The number of carboxylic acid groups (broad SMARTS) is 1. The molecule has 0 saturated heterocycles. The molecule has 0 saturated carbocycles. The quantitative estimate of drug-likeness (QED) is 0.914. The van der Waals surface area contributed by atoms with Gasteiger partial charge in [0.2, 0.25) is 0 Å². The van der Waals surface area contributed by atoms with E-state index in [4.69, 9.17) is 5.11 Å². The SMILES string of the molecule is CCN(CC)c1nc2sc(C(=O)O)cc2s1. The molecule has 2 aromatic heterocycles. The van der Waals surface area contributed by atoms with Crippen LogP contribution in [0.3, 0.4) is 0 Å². The van der Waals surface area contributed by atoms with Crippen molar-refractivity contribution < 1.29 is 9.90 Å². The fourth-order valence-corrected chi connectivity index (χ4v) is 3.64. The van der Waals surface area contributed by atoms with Crippen LogP contribution in [0.2, 0.25) is 0 Å². The molecule has 86 valence electrons. The monoisotopic (exact) mass is 256 g/mol. The van der Waals surface area contributed by atoms with Gasteiger partial charge in [0.05, 0.1) is 4.70 Å². The molecule has 0 aromatic carbocycles. The lowest BCUT2D eigenvalue weighted by molar-refractivity contribution is 0.0702. The van der Waals surface area contributed by atoms with Crippen LogP contribution in [0, 0.1) is 0 Å². The number of fused-ring (bicyclic) bond motifs is 1. The van der Waals surface area contributed by atoms with Gasteiger partial charge in [-0.1, -0.05) is 11.3 Å². The summed E-state index contributed by atoms with van der Waals surface area (Å²) in [7, 11) is 0. The predicted molar refractivity (Wildman–Crippen MR) is 68.0 cm³/mol. The van der Waals surface area contributed by atoms with Crippen LogP contribution < -0.4 is 4.90 Å². The number of carbonyl (C=O) groups is 1. The molecule has 0 unspecified atom stereocenters. The third kappa shape index (κ3) is 1.90. The molecule has 2 heterocycles. The average Bonchev–Trinajstić information content (AvgIpc) is 2.77. The van der Waals surface area contributed by atoms with Gasteiger partial charge < -0.3 is 10.0 Å². The molecule has 0 bridgehead atoms.